The smallest absolute Gasteiger partial charge is 0.258 e. The molecule has 0 spiro atoms. The predicted molar refractivity (Wildman–Crippen MR) is 245 cm³/mol. The molecule has 4 aromatic heterocycles. The Morgan fingerprint density at radius 3 is 1.56 bits per heavy atom. The van der Waals surface area contributed by atoms with Crippen LogP contribution in [0.3, 0.4) is 0 Å². The number of rotatable bonds is 11. The third-order valence-corrected chi connectivity index (χ3v) is 10.2. The summed E-state index contributed by atoms with van der Waals surface area (Å²) in [6.45, 7) is 5.53. The van der Waals surface area contributed by atoms with Crippen LogP contribution < -0.4 is 20.1 Å². The Bertz CT molecular complexity index is 2850. The highest BCUT2D eigenvalue weighted by Crippen LogP contribution is 2.33. The molecule has 8 aromatic rings. The molecule has 12 nitrogen and oxygen atoms in total. The molecule has 0 fully saturated rings. The average Bonchev–Trinajstić information content (AvgIpc) is 3.97. The van der Waals surface area contributed by atoms with Crippen LogP contribution in [0.15, 0.2) is 134 Å². The van der Waals surface area contributed by atoms with Crippen molar-refractivity contribution in [1.29, 1.82) is 0 Å². The number of benzene rings is 4. The number of hydrogen-bond donors (Lipinski definition) is 4. The van der Waals surface area contributed by atoms with Gasteiger partial charge in [-0.3, -0.25) is 9.59 Å². The summed E-state index contributed by atoms with van der Waals surface area (Å²) in [6.07, 6.45) is 3.46. The number of nitrogens with one attached hydrogen (secondary N) is 4. The lowest BCUT2D eigenvalue weighted by atomic mass is 10.1. The van der Waals surface area contributed by atoms with Crippen molar-refractivity contribution < 1.29 is 19.1 Å². The number of nitrogens with zero attached hydrogens (tertiary/aromatic N) is 4. The van der Waals surface area contributed by atoms with Crippen molar-refractivity contribution in [2.24, 2.45) is 0 Å². The molecular formula is C47H39Cl3N8O4. The van der Waals surface area contributed by atoms with E-state index in [9.17, 15) is 9.59 Å². The molecule has 0 radical (unpaired) electrons. The number of aromatic amines is 2. The molecule has 0 unspecified atom stereocenters. The second-order valence-electron chi connectivity index (χ2n) is 14.0. The number of carbonyl (C=O) groups excluding carboxylic acids is 2. The van der Waals surface area contributed by atoms with Crippen molar-refractivity contribution >= 4 is 58.0 Å². The van der Waals surface area contributed by atoms with Gasteiger partial charge in [0.2, 0.25) is 11.8 Å². The molecule has 0 aliphatic heterocycles. The summed E-state index contributed by atoms with van der Waals surface area (Å²) in [4.78, 5) is 49.3. The number of amides is 2. The van der Waals surface area contributed by atoms with E-state index >= 15 is 0 Å². The molecule has 2 amide bonds. The van der Waals surface area contributed by atoms with Crippen LogP contribution in [-0.4, -0.2) is 54.9 Å². The van der Waals surface area contributed by atoms with Crippen molar-refractivity contribution in [3.05, 3.63) is 166 Å². The number of hydrogen-bond acceptors (Lipinski definition) is 8. The highest BCUT2D eigenvalue weighted by Gasteiger charge is 2.17. The third kappa shape index (κ3) is 10.5. The van der Waals surface area contributed by atoms with E-state index < -0.39 is 5.91 Å². The van der Waals surface area contributed by atoms with Crippen LogP contribution in [0.25, 0.3) is 45.3 Å². The molecule has 312 valence electrons. The lowest BCUT2D eigenvalue weighted by Crippen LogP contribution is -2.14. The van der Waals surface area contributed by atoms with Crippen LogP contribution in [0.2, 0.25) is 15.2 Å². The minimum absolute atomic E-state index is 0.0465. The van der Waals surface area contributed by atoms with Gasteiger partial charge in [0, 0.05) is 34.6 Å². The SMILES string of the molecule is CC(C)Oc1ccc(C(=O)Nc2ccc(Cl)c(-c3ncc(-c4ccccc4)[nH]3)c2)c(Cl)n1.COc1ccc(C(=O)Nc2ccc(Cl)c(-c3ncc(-c4ccccc4)[nH]3)c2)c(C)n1. The maximum absolute atomic E-state index is 12.8. The zero-order valence-corrected chi connectivity index (χ0v) is 36.1. The number of halogens is 3. The van der Waals surface area contributed by atoms with Gasteiger partial charge in [0.15, 0.2) is 0 Å². The summed E-state index contributed by atoms with van der Waals surface area (Å²) in [5.74, 6) is 1.39. The van der Waals surface area contributed by atoms with Gasteiger partial charge in [-0.25, -0.2) is 19.9 Å². The first-order valence-electron chi connectivity index (χ1n) is 19.2. The van der Waals surface area contributed by atoms with Crippen LogP contribution in [0.1, 0.15) is 40.3 Å². The zero-order valence-electron chi connectivity index (χ0n) is 33.8. The van der Waals surface area contributed by atoms with E-state index in [0.717, 1.165) is 22.5 Å². The largest absolute Gasteiger partial charge is 0.481 e. The van der Waals surface area contributed by atoms with Gasteiger partial charge in [-0.1, -0.05) is 95.5 Å². The van der Waals surface area contributed by atoms with Gasteiger partial charge in [0.05, 0.1) is 63.9 Å². The molecular weight excluding hydrogens is 847 g/mol. The number of carbonyl (C=O) groups is 2. The highest BCUT2D eigenvalue weighted by atomic mass is 35.5. The summed E-state index contributed by atoms with van der Waals surface area (Å²) in [7, 11) is 1.54. The quantitative estimate of drug-likeness (QED) is 0.0934. The van der Waals surface area contributed by atoms with Crippen LogP contribution in [0.5, 0.6) is 11.8 Å². The fourth-order valence-electron chi connectivity index (χ4n) is 6.20. The standard InChI is InChI=1S/C24H20Cl2N4O2.C23H19ClN4O2/c1-14(2)32-21-11-9-17(22(26)30-21)24(31)28-16-8-10-19(25)18(12-16)23-27-13-20(29-23)15-6-4-3-5-7-15;1-14-17(9-11-21(26-14)30-2)23(29)27-16-8-10-19(24)18(12-16)22-25-13-20(28-22)15-6-4-3-5-7-15/h3-14H,1-2H3,(H,27,29)(H,28,31);3-13H,1-2H3,(H,25,28)(H,27,29). The summed E-state index contributed by atoms with van der Waals surface area (Å²) < 4.78 is 10.6. The molecule has 4 aromatic carbocycles. The number of aromatic nitrogens is 6. The molecule has 0 saturated heterocycles. The molecule has 0 aliphatic carbocycles. The van der Waals surface area contributed by atoms with Gasteiger partial charge < -0.3 is 30.1 Å². The normalized spacial score (nSPS) is 10.8. The van der Waals surface area contributed by atoms with Crippen LogP contribution in [-0.2, 0) is 0 Å². The van der Waals surface area contributed by atoms with E-state index in [1.807, 2.05) is 74.5 Å². The molecule has 15 heteroatoms. The molecule has 0 atom stereocenters. The van der Waals surface area contributed by atoms with E-state index in [1.54, 1.807) is 80.0 Å². The van der Waals surface area contributed by atoms with Crippen LogP contribution >= 0.6 is 34.8 Å². The minimum Gasteiger partial charge on any atom is -0.481 e. The Balaban J connectivity index is 0.000000187. The molecule has 0 bridgehead atoms. The molecule has 0 aliphatic rings. The van der Waals surface area contributed by atoms with E-state index in [-0.39, 0.29) is 22.7 Å². The Labute approximate surface area is 372 Å². The van der Waals surface area contributed by atoms with Crippen molar-refractivity contribution in [3.8, 4) is 57.1 Å². The topological polar surface area (TPSA) is 160 Å². The summed E-state index contributed by atoms with van der Waals surface area (Å²) in [6, 6.07) is 36.7. The van der Waals surface area contributed by atoms with Crippen molar-refractivity contribution in [1.82, 2.24) is 29.9 Å². The van der Waals surface area contributed by atoms with Gasteiger partial charge >= 0.3 is 0 Å². The maximum Gasteiger partial charge on any atom is 0.258 e. The first kappa shape index (κ1) is 43.1. The van der Waals surface area contributed by atoms with E-state index in [4.69, 9.17) is 44.3 Å². The summed E-state index contributed by atoms with van der Waals surface area (Å²) in [5.41, 5.74) is 7.59. The number of anilines is 2. The molecule has 4 heterocycles. The monoisotopic (exact) mass is 884 g/mol. The molecule has 4 N–H and O–H groups in total. The fraction of sp³-hybridized carbons (Fsp3) is 0.106. The lowest BCUT2D eigenvalue weighted by Gasteiger charge is -2.11. The Morgan fingerprint density at radius 2 is 1.10 bits per heavy atom. The zero-order chi connectivity index (χ0) is 43.8. The van der Waals surface area contributed by atoms with E-state index in [1.165, 1.54) is 7.11 Å². The summed E-state index contributed by atoms with van der Waals surface area (Å²) in [5, 5.41) is 6.82. The van der Waals surface area contributed by atoms with E-state index in [0.29, 0.717) is 67.2 Å². The number of imidazole rings is 2. The first-order valence-corrected chi connectivity index (χ1v) is 20.4. The van der Waals surface area contributed by atoms with Gasteiger partial charge in [-0.15, -0.1) is 0 Å². The molecule has 62 heavy (non-hydrogen) atoms. The fourth-order valence-corrected chi connectivity index (χ4v) is 6.84. The highest BCUT2D eigenvalue weighted by molar-refractivity contribution is 6.34. The van der Waals surface area contributed by atoms with Gasteiger partial charge in [0.1, 0.15) is 16.8 Å². The second kappa shape index (κ2) is 19.6. The van der Waals surface area contributed by atoms with Gasteiger partial charge in [-0.2, -0.15) is 0 Å². The Morgan fingerprint density at radius 1 is 0.613 bits per heavy atom. The maximum atomic E-state index is 12.8. The first-order chi connectivity index (χ1) is 29.9. The third-order valence-electron chi connectivity index (χ3n) is 9.22. The van der Waals surface area contributed by atoms with Crippen molar-refractivity contribution in [2.75, 3.05) is 17.7 Å². The van der Waals surface area contributed by atoms with Gasteiger partial charge in [-0.05, 0) is 80.4 Å². The molecule has 0 saturated carbocycles. The minimum atomic E-state index is -0.392. The number of aryl methyl sites for hydroxylation is 1. The van der Waals surface area contributed by atoms with Crippen LogP contribution in [0, 0.1) is 6.92 Å². The Kier molecular flexibility index (Phi) is 13.6. The predicted octanol–water partition coefficient (Wildman–Crippen LogP) is 11.8. The molecule has 8 rings (SSSR count). The Hall–Kier alpha value is -6.99. The number of H-pyrrole nitrogens is 2. The van der Waals surface area contributed by atoms with Crippen molar-refractivity contribution in [2.45, 2.75) is 26.9 Å². The number of ether oxygens (including phenoxy) is 2. The van der Waals surface area contributed by atoms with E-state index in [2.05, 4.69) is 40.5 Å². The lowest BCUT2D eigenvalue weighted by molar-refractivity contribution is 0.101. The average molecular weight is 886 g/mol. The second-order valence-corrected chi connectivity index (χ2v) is 15.1. The number of pyridine rings is 2. The van der Waals surface area contributed by atoms with Crippen molar-refractivity contribution in [3.63, 3.8) is 0 Å². The van der Waals surface area contributed by atoms with Gasteiger partial charge in [0.25, 0.3) is 11.8 Å². The summed E-state index contributed by atoms with van der Waals surface area (Å²) >= 11 is 19.0. The van der Waals surface area contributed by atoms with Crippen LogP contribution in [0.4, 0.5) is 11.4 Å². The number of methoxy groups -OCH3 is 1.